The maximum absolute atomic E-state index is 11.6. The van der Waals surface area contributed by atoms with Crippen LogP contribution in [0.25, 0.3) is 0 Å². The lowest BCUT2D eigenvalue weighted by Gasteiger charge is -2.43. The third-order valence-electron chi connectivity index (χ3n) is 4.73. The van der Waals surface area contributed by atoms with Gasteiger partial charge in [-0.1, -0.05) is 11.6 Å². The molecule has 6 nitrogen and oxygen atoms in total. The monoisotopic (exact) mass is 353 g/mol. The van der Waals surface area contributed by atoms with Gasteiger partial charge >= 0.3 is 0 Å². The summed E-state index contributed by atoms with van der Waals surface area (Å²) in [5.74, 6) is 0.690. The number of ether oxygens (including phenoxy) is 2. The van der Waals surface area contributed by atoms with Gasteiger partial charge in [0.05, 0.1) is 25.3 Å². The fraction of sp³-hybridized carbons (Fsp3) is 0.588. The highest BCUT2D eigenvalue weighted by atomic mass is 35.5. The Morgan fingerprint density at radius 2 is 1.79 bits per heavy atom. The topological polar surface area (TPSA) is 45.2 Å². The van der Waals surface area contributed by atoms with E-state index in [1.807, 2.05) is 18.2 Å². The number of methoxy groups -OCH3 is 1. The van der Waals surface area contributed by atoms with Crippen molar-refractivity contribution in [3.05, 3.63) is 23.2 Å². The highest BCUT2D eigenvalue weighted by molar-refractivity contribution is 6.32. The summed E-state index contributed by atoms with van der Waals surface area (Å²) in [5.41, 5.74) is 1.10. The van der Waals surface area contributed by atoms with Crippen molar-refractivity contribution in [1.29, 1.82) is 0 Å². The summed E-state index contributed by atoms with van der Waals surface area (Å²) in [7, 11) is 1.62. The lowest BCUT2D eigenvalue weighted by Crippen LogP contribution is -2.58. The lowest BCUT2D eigenvalue weighted by molar-refractivity contribution is -0.122. The van der Waals surface area contributed by atoms with E-state index in [4.69, 9.17) is 21.1 Å². The zero-order chi connectivity index (χ0) is 16.9. The molecule has 2 aliphatic rings. The van der Waals surface area contributed by atoms with Crippen LogP contribution in [0.15, 0.2) is 18.2 Å². The molecule has 0 saturated carbocycles. The predicted octanol–water partition coefficient (Wildman–Crippen LogP) is 1.33. The molecule has 2 aliphatic heterocycles. The van der Waals surface area contributed by atoms with Gasteiger partial charge in [0.15, 0.2) is 6.29 Å². The second kappa shape index (κ2) is 8.16. The number of rotatable bonds is 5. The first-order chi connectivity index (χ1) is 11.7. The van der Waals surface area contributed by atoms with E-state index in [9.17, 15) is 4.79 Å². The molecule has 2 heterocycles. The Kier molecular flexibility index (Phi) is 5.94. The van der Waals surface area contributed by atoms with Gasteiger partial charge in [-0.05, 0) is 12.1 Å². The van der Waals surface area contributed by atoms with E-state index in [1.54, 1.807) is 7.11 Å². The van der Waals surface area contributed by atoms with Gasteiger partial charge < -0.3 is 19.2 Å². The van der Waals surface area contributed by atoms with Gasteiger partial charge in [0, 0.05) is 51.0 Å². The fourth-order valence-corrected chi connectivity index (χ4v) is 3.53. The highest BCUT2D eigenvalue weighted by Crippen LogP contribution is 2.30. The summed E-state index contributed by atoms with van der Waals surface area (Å²) >= 11 is 6.10. The molecular weight excluding hydrogens is 330 g/mol. The van der Waals surface area contributed by atoms with Crippen LogP contribution in [0, 0.1) is 0 Å². The SMILES string of the molecule is COc1cc(N2CCN(C(C=O)N3CCOCC3)CC2)ccc1Cl. The minimum Gasteiger partial charge on any atom is -0.495 e. The zero-order valence-corrected chi connectivity index (χ0v) is 14.7. The molecule has 3 rings (SSSR count). The number of anilines is 1. The fourth-order valence-electron chi connectivity index (χ4n) is 3.33. The quantitative estimate of drug-likeness (QED) is 0.744. The number of benzene rings is 1. The van der Waals surface area contributed by atoms with Gasteiger partial charge in [-0.2, -0.15) is 0 Å². The summed E-state index contributed by atoms with van der Waals surface area (Å²) in [6.07, 6.45) is 0.919. The maximum Gasteiger partial charge on any atom is 0.151 e. The molecule has 0 radical (unpaired) electrons. The molecule has 132 valence electrons. The summed E-state index contributed by atoms with van der Waals surface area (Å²) in [6.45, 7) is 6.50. The lowest BCUT2D eigenvalue weighted by atomic mass is 10.2. The minimum atomic E-state index is -0.143. The van der Waals surface area contributed by atoms with Crippen LogP contribution in [0.5, 0.6) is 5.75 Å². The van der Waals surface area contributed by atoms with E-state index in [2.05, 4.69) is 14.7 Å². The molecular formula is C17H24ClN3O3. The molecule has 0 amide bonds. The average Bonchev–Trinajstić information content (AvgIpc) is 2.64. The standard InChI is InChI=1S/C17H24ClN3O3/c1-23-16-12-14(2-3-15(16)18)19-4-6-20(7-5-19)17(13-22)21-8-10-24-11-9-21/h2-3,12-13,17H,4-11H2,1H3. The number of carbonyl (C=O) groups is 1. The Morgan fingerprint density at radius 3 is 2.42 bits per heavy atom. The molecule has 0 aromatic heterocycles. The molecule has 2 fully saturated rings. The predicted molar refractivity (Wildman–Crippen MR) is 94.0 cm³/mol. The number of morpholine rings is 1. The third-order valence-corrected chi connectivity index (χ3v) is 5.04. The summed E-state index contributed by atoms with van der Waals surface area (Å²) in [6, 6.07) is 5.85. The third kappa shape index (κ3) is 3.83. The Morgan fingerprint density at radius 1 is 1.12 bits per heavy atom. The van der Waals surface area contributed by atoms with Gasteiger partial charge in [-0.25, -0.2) is 0 Å². The number of carbonyl (C=O) groups excluding carboxylic acids is 1. The number of piperazine rings is 1. The second-order valence-electron chi connectivity index (χ2n) is 6.04. The van der Waals surface area contributed by atoms with Crippen molar-refractivity contribution in [3.63, 3.8) is 0 Å². The summed E-state index contributed by atoms with van der Waals surface area (Å²) < 4.78 is 10.7. The average molecular weight is 354 g/mol. The van der Waals surface area contributed by atoms with Crippen molar-refractivity contribution >= 4 is 23.6 Å². The van der Waals surface area contributed by atoms with Crippen LogP contribution in [0.3, 0.4) is 0 Å². The Hall–Kier alpha value is -1.34. The molecule has 24 heavy (non-hydrogen) atoms. The number of hydrogen-bond acceptors (Lipinski definition) is 6. The summed E-state index contributed by atoms with van der Waals surface area (Å²) in [5, 5.41) is 0.619. The van der Waals surface area contributed by atoms with Crippen LogP contribution in [0.4, 0.5) is 5.69 Å². The van der Waals surface area contributed by atoms with Crippen LogP contribution in [0.2, 0.25) is 5.02 Å². The van der Waals surface area contributed by atoms with Gasteiger partial charge in [-0.15, -0.1) is 0 Å². The first kappa shape index (κ1) is 17.5. The molecule has 0 bridgehead atoms. The first-order valence-corrected chi connectivity index (χ1v) is 8.70. The zero-order valence-electron chi connectivity index (χ0n) is 14.0. The smallest absolute Gasteiger partial charge is 0.151 e. The van der Waals surface area contributed by atoms with Crippen molar-refractivity contribution in [2.45, 2.75) is 6.17 Å². The highest BCUT2D eigenvalue weighted by Gasteiger charge is 2.29. The van der Waals surface area contributed by atoms with E-state index in [0.29, 0.717) is 24.0 Å². The molecule has 0 N–H and O–H groups in total. The first-order valence-electron chi connectivity index (χ1n) is 8.32. The van der Waals surface area contributed by atoms with Crippen LogP contribution in [-0.2, 0) is 9.53 Å². The van der Waals surface area contributed by atoms with Crippen molar-refractivity contribution in [2.75, 3.05) is 64.5 Å². The number of nitrogens with zero attached hydrogens (tertiary/aromatic N) is 3. The molecule has 1 aromatic rings. The second-order valence-corrected chi connectivity index (χ2v) is 6.45. The van der Waals surface area contributed by atoms with Crippen LogP contribution >= 0.6 is 11.6 Å². The Labute approximate surface area is 147 Å². The Bertz CT molecular complexity index is 558. The van der Waals surface area contributed by atoms with Crippen molar-refractivity contribution in [1.82, 2.24) is 9.80 Å². The molecule has 7 heteroatoms. The normalized spacial score (nSPS) is 21.5. The van der Waals surface area contributed by atoms with Crippen molar-refractivity contribution in [2.24, 2.45) is 0 Å². The number of hydrogen-bond donors (Lipinski definition) is 0. The molecule has 2 saturated heterocycles. The van der Waals surface area contributed by atoms with E-state index < -0.39 is 0 Å². The number of halogens is 1. The largest absolute Gasteiger partial charge is 0.495 e. The Balaban J connectivity index is 1.61. The maximum atomic E-state index is 11.6. The molecule has 1 aromatic carbocycles. The van der Waals surface area contributed by atoms with E-state index in [1.165, 1.54) is 0 Å². The molecule has 1 unspecified atom stereocenters. The van der Waals surface area contributed by atoms with E-state index >= 15 is 0 Å². The van der Waals surface area contributed by atoms with E-state index in [0.717, 1.165) is 51.2 Å². The van der Waals surface area contributed by atoms with Gasteiger partial charge in [0.25, 0.3) is 0 Å². The van der Waals surface area contributed by atoms with Crippen molar-refractivity contribution < 1.29 is 14.3 Å². The van der Waals surface area contributed by atoms with Crippen LogP contribution in [0.1, 0.15) is 0 Å². The van der Waals surface area contributed by atoms with Gasteiger partial charge in [0.2, 0.25) is 0 Å². The molecule has 0 spiro atoms. The molecule has 0 aliphatic carbocycles. The minimum absolute atomic E-state index is 0.143. The number of aldehydes is 1. The van der Waals surface area contributed by atoms with Crippen LogP contribution < -0.4 is 9.64 Å². The van der Waals surface area contributed by atoms with Crippen molar-refractivity contribution in [3.8, 4) is 5.75 Å². The van der Waals surface area contributed by atoms with Crippen LogP contribution in [-0.4, -0.2) is 81.8 Å². The van der Waals surface area contributed by atoms with Gasteiger partial charge in [-0.3, -0.25) is 9.80 Å². The summed E-state index contributed by atoms with van der Waals surface area (Å²) in [4.78, 5) is 18.4. The van der Waals surface area contributed by atoms with Gasteiger partial charge in [0.1, 0.15) is 11.9 Å². The van der Waals surface area contributed by atoms with E-state index in [-0.39, 0.29) is 6.17 Å². The molecule has 1 atom stereocenters.